The van der Waals surface area contributed by atoms with Gasteiger partial charge in [0.1, 0.15) is 11.6 Å². The number of benzene rings is 2. The van der Waals surface area contributed by atoms with E-state index in [1.807, 2.05) is 0 Å². The van der Waals surface area contributed by atoms with E-state index >= 15 is 0 Å². The van der Waals surface area contributed by atoms with E-state index in [1.165, 1.54) is 12.1 Å². The number of amides is 1. The van der Waals surface area contributed by atoms with Crippen LogP contribution in [-0.2, 0) is 4.79 Å². The van der Waals surface area contributed by atoms with Gasteiger partial charge in [-0.05, 0) is 17.7 Å². The van der Waals surface area contributed by atoms with E-state index in [-0.39, 0.29) is 0 Å². The Hall–Kier alpha value is -2.76. The first-order valence-corrected chi connectivity index (χ1v) is 6.02. The standard InChI is InChI=1S/C15H11F2NO3/c16-10-6-7-11(12(17)8-10)14(19)18-13(15(20)21)9-4-2-1-3-5-9/h1-8,13H,(H,18,19)(H,20,21)/t13-/m0/s1. The van der Waals surface area contributed by atoms with E-state index in [0.29, 0.717) is 11.6 Å². The molecule has 1 amide bonds. The van der Waals surface area contributed by atoms with Crippen LogP contribution in [0.25, 0.3) is 0 Å². The Kier molecular flexibility index (Phi) is 4.27. The minimum Gasteiger partial charge on any atom is -0.479 e. The van der Waals surface area contributed by atoms with Gasteiger partial charge >= 0.3 is 5.97 Å². The molecule has 0 bridgehead atoms. The predicted molar refractivity (Wildman–Crippen MR) is 70.6 cm³/mol. The number of halogens is 2. The summed E-state index contributed by atoms with van der Waals surface area (Å²) in [4.78, 5) is 23.2. The van der Waals surface area contributed by atoms with Gasteiger partial charge in [-0.15, -0.1) is 0 Å². The van der Waals surface area contributed by atoms with Crippen LogP contribution in [-0.4, -0.2) is 17.0 Å². The van der Waals surface area contributed by atoms with Gasteiger partial charge in [-0.2, -0.15) is 0 Å². The number of carbonyl (C=O) groups is 2. The second-order valence-electron chi connectivity index (χ2n) is 4.28. The molecule has 0 aliphatic carbocycles. The Balaban J connectivity index is 2.25. The third kappa shape index (κ3) is 3.42. The second-order valence-corrected chi connectivity index (χ2v) is 4.28. The van der Waals surface area contributed by atoms with Crippen molar-refractivity contribution in [1.29, 1.82) is 0 Å². The number of hydrogen-bond acceptors (Lipinski definition) is 2. The fourth-order valence-electron chi connectivity index (χ4n) is 1.82. The van der Waals surface area contributed by atoms with Crippen LogP contribution in [0.4, 0.5) is 8.78 Å². The third-order valence-corrected chi connectivity index (χ3v) is 2.83. The summed E-state index contributed by atoms with van der Waals surface area (Å²) < 4.78 is 26.3. The highest BCUT2D eigenvalue weighted by molar-refractivity contribution is 5.97. The molecule has 2 aromatic carbocycles. The van der Waals surface area contributed by atoms with Crippen molar-refractivity contribution in [2.45, 2.75) is 6.04 Å². The van der Waals surface area contributed by atoms with Crippen LogP contribution >= 0.6 is 0 Å². The Labute approximate surface area is 119 Å². The molecule has 2 aromatic rings. The zero-order valence-corrected chi connectivity index (χ0v) is 10.7. The van der Waals surface area contributed by atoms with E-state index < -0.39 is 35.1 Å². The molecule has 0 spiro atoms. The molecule has 2 N–H and O–H groups in total. The van der Waals surface area contributed by atoms with Crippen molar-refractivity contribution in [3.05, 3.63) is 71.3 Å². The molecule has 2 rings (SSSR count). The highest BCUT2D eigenvalue weighted by atomic mass is 19.1. The smallest absolute Gasteiger partial charge is 0.330 e. The lowest BCUT2D eigenvalue weighted by Gasteiger charge is -2.15. The SMILES string of the molecule is O=C(N[C@H](C(=O)O)c1ccccc1)c1ccc(F)cc1F. The molecule has 0 heterocycles. The molecule has 0 unspecified atom stereocenters. The lowest BCUT2D eigenvalue weighted by atomic mass is 10.1. The van der Waals surface area contributed by atoms with Gasteiger partial charge in [0, 0.05) is 6.07 Å². The second kappa shape index (κ2) is 6.13. The number of rotatable bonds is 4. The van der Waals surface area contributed by atoms with Crippen molar-refractivity contribution in [2.24, 2.45) is 0 Å². The van der Waals surface area contributed by atoms with E-state index in [9.17, 15) is 18.4 Å². The summed E-state index contributed by atoms with van der Waals surface area (Å²) in [7, 11) is 0. The molecule has 1 atom stereocenters. The van der Waals surface area contributed by atoms with Gasteiger partial charge in [0.25, 0.3) is 5.91 Å². The van der Waals surface area contributed by atoms with Crippen molar-refractivity contribution in [2.75, 3.05) is 0 Å². The molecule has 21 heavy (non-hydrogen) atoms. The molecule has 0 saturated heterocycles. The number of aliphatic carboxylic acids is 1. The molecule has 0 radical (unpaired) electrons. The van der Waals surface area contributed by atoms with Crippen LogP contribution in [0.5, 0.6) is 0 Å². The van der Waals surface area contributed by atoms with Crippen LogP contribution in [0.3, 0.4) is 0 Å². The summed E-state index contributed by atoms with van der Waals surface area (Å²) in [6.07, 6.45) is 0. The van der Waals surface area contributed by atoms with Crippen molar-refractivity contribution >= 4 is 11.9 Å². The van der Waals surface area contributed by atoms with Gasteiger partial charge in [0.15, 0.2) is 6.04 Å². The summed E-state index contributed by atoms with van der Waals surface area (Å²) >= 11 is 0. The molecule has 0 saturated carbocycles. The van der Waals surface area contributed by atoms with Gasteiger partial charge in [-0.25, -0.2) is 13.6 Å². The maximum atomic E-state index is 13.5. The van der Waals surface area contributed by atoms with Crippen molar-refractivity contribution in [3.8, 4) is 0 Å². The van der Waals surface area contributed by atoms with Gasteiger partial charge in [0.05, 0.1) is 5.56 Å². The molecule has 6 heteroatoms. The van der Waals surface area contributed by atoms with E-state index in [1.54, 1.807) is 18.2 Å². The first-order chi connectivity index (χ1) is 9.99. The van der Waals surface area contributed by atoms with Crippen LogP contribution in [0.1, 0.15) is 22.0 Å². The Bertz CT molecular complexity index is 674. The monoisotopic (exact) mass is 291 g/mol. The van der Waals surface area contributed by atoms with E-state index in [2.05, 4.69) is 5.32 Å². The zero-order chi connectivity index (χ0) is 15.4. The summed E-state index contributed by atoms with van der Waals surface area (Å²) in [6, 6.07) is 9.13. The van der Waals surface area contributed by atoms with E-state index in [0.717, 1.165) is 12.1 Å². The molecule has 0 fully saturated rings. The van der Waals surface area contributed by atoms with Crippen LogP contribution < -0.4 is 5.32 Å². The third-order valence-electron chi connectivity index (χ3n) is 2.83. The van der Waals surface area contributed by atoms with Gasteiger partial charge in [-0.3, -0.25) is 4.79 Å². The lowest BCUT2D eigenvalue weighted by Crippen LogP contribution is -2.34. The number of carboxylic acid groups (broad SMARTS) is 1. The average molecular weight is 291 g/mol. The Morgan fingerprint density at radius 3 is 2.29 bits per heavy atom. The van der Waals surface area contributed by atoms with Gasteiger partial charge in [-0.1, -0.05) is 30.3 Å². The predicted octanol–water partition coefficient (Wildman–Crippen LogP) is 2.52. The Morgan fingerprint density at radius 1 is 1.05 bits per heavy atom. The zero-order valence-electron chi connectivity index (χ0n) is 10.7. The van der Waals surface area contributed by atoms with Crippen LogP contribution in [0.15, 0.2) is 48.5 Å². The fourth-order valence-corrected chi connectivity index (χ4v) is 1.82. The van der Waals surface area contributed by atoms with Crippen molar-refractivity contribution in [3.63, 3.8) is 0 Å². The largest absolute Gasteiger partial charge is 0.479 e. The van der Waals surface area contributed by atoms with Crippen molar-refractivity contribution < 1.29 is 23.5 Å². The highest BCUT2D eigenvalue weighted by Crippen LogP contribution is 2.15. The lowest BCUT2D eigenvalue weighted by molar-refractivity contribution is -0.139. The molecule has 0 aliphatic heterocycles. The maximum Gasteiger partial charge on any atom is 0.330 e. The van der Waals surface area contributed by atoms with E-state index in [4.69, 9.17) is 5.11 Å². The van der Waals surface area contributed by atoms with Crippen molar-refractivity contribution in [1.82, 2.24) is 5.32 Å². The first-order valence-electron chi connectivity index (χ1n) is 6.02. The number of hydrogen-bond donors (Lipinski definition) is 2. The molecular formula is C15H11F2NO3. The highest BCUT2D eigenvalue weighted by Gasteiger charge is 2.23. The van der Waals surface area contributed by atoms with Gasteiger partial charge in [0.2, 0.25) is 0 Å². The Morgan fingerprint density at radius 2 is 1.71 bits per heavy atom. The summed E-state index contributed by atoms with van der Waals surface area (Å²) in [5, 5.41) is 11.4. The topological polar surface area (TPSA) is 66.4 Å². The minimum absolute atomic E-state index is 0.348. The number of carboxylic acids is 1. The first kappa shape index (κ1) is 14.6. The summed E-state index contributed by atoms with van der Waals surface area (Å²) in [5.41, 5.74) is -0.0700. The van der Waals surface area contributed by atoms with Crippen LogP contribution in [0.2, 0.25) is 0 Å². The van der Waals surface area contributed by atoms with Crippen LogP contribution in [0, 0.1) is 11.6 Å². The quantitative estimate of drug-likeness (QED) is 0.909. The molecule has 0 aliphatic rings. The minimum atomic E-state index is -1.32. The molecule has 108 valence electrons. The fraction of sp³-hybridized carbons (Fsp3) is 0.0667. The summed E-state index contributed by atoms with van der Waals surface area (Å²) in [6.45, 7) is 0. The molecular weight excluding hydrogens is 280 g/mol. The van der Waals surface area contributed by atoms with Gasteiger partial charge < -0.3 is 10.4 Å². The molecule has 4 nitrogen and oxygen atoms in total. The molecule has 0 aromatic heterocycles. The average Bonchev–Trinajstić information content (AvgIpc) is 2.45. The number of carbonyl (C=O) groups excluding carboxylic acids is 1. The normalized spacial score (nSPS) is 11.7. The summed E-state index contributed by atoms with van der Waals surface area (Å²) in [5.74, 6) is -4.08. The number of nitrogens with one attached hydrogen (secondary N) is 1. The maximum absolute atomic E-state index is 13.5.